The first-order valence-corrected chi connectivity index (χ1v) is 6.74. The molecule has 3 atom stereocenters. The number of carbonyl (C=O) groups is 1. The second kappa shape index (κ2) is 5.67. The minimum atomic E-state index is 0.271. The summed E-state index contributed by atoms with van der Waals surface area (Å²) in [7, 11) is 0. The number of amides is 1. The van der Waals surface area contributed by atoms with Gasteiger partial charge in [-0.3, -0.25) is 4.79 Å². The number of hydrogen-bond acceptors (Lipinski definition) is 2. The van der Waals surface area contributed by atoms with Gasteiger partial charge in [-0.05, 0) is 44.2 Å². The molecule has 0 aromatic rings. The van der Waals surface area contributed by atoms with Crippen molar-refractivity contribution in [3.05, 3.63) is 0 Å². The van der Waals surface area contributed by atoms with Crippen molar-refractivity contribution in [2.75, 3.05) is 13.1 Å². The molecule has 0 radical (unpaired) electrons. The van der Waals surface area contributed by atoms with Crippen LogP contribution in [0.2, 0.25) is 0 Å². The molecular weight excluding hydrogens is 200 g/mol. The Morgan fingerprint density at radius 1 is 1.38 bits per heavy atom. The fourth-order valence-electron chi connectivity index (χ4n) is 3.00. The van der Waals surface area contributed by atoms with Gasteiger partial charge in [0.05, 0.1) is 0 Å². The Morgan fingerprint density at radius 2 is 2.25 bits per heavy atom. The number of rotatable bonds is 3. The van der Waals surface area contributed by atoms with Crippen LogP contribution in [0, 0.1) is 11.8 Å². The first-order chi connectivity index (χ1) is 7.74. The number of carbonyl (C=O) groups excluding carboxylic acids is 1. The molecule has 3 unspecified atom stereocenters. The largest absolute Gasteiger partial charge is 0.353 e. The molecule has 1 amide bonds. The summed E-state index contributed by atoms with van der Waals surface area (Å²) in [5, 5.41) is 6.52. The van der Waals surface area contributed by atoms with Gasteiger partial charge in [-0.25, -0.2) is 0 Å². The second-order valence-electron chi connectivity index (χ2n) is 5.60. The van der Waals surface area contributed by atoms with Gasteiger partial charge in [0, 0.05) is 12.5 Å². The van der Waals surface area contributed by atoms with Gasteiger partial charge in [0.15, 0.2) is 0 Å². The van der Waals surface area contributed by atoms with Gasteiger partial charge in [0.2, 0.25) is 5.91 Å². The summed E-state index contributed by atoms with van der Waals surface area (Å²) in [4.78, 5) is 11.8. The van der Waals surface area contributed by atoms with E-state index >= 15 is 0 Å². The molecule has 16 heavy (non-hydrogen) atoms. The first-order valence-electron chi connectivity index (χ1n) is 6.74. The van der Waals surface area contributed by atoms with Crippen LogP contribution in [-0.2, 0) is 4.79 Å². The summed E-state index contributed by atoms with van der Waals surface area (Å²) in [5.41, 5.74) is 0. The van der Waals surface area contributed by atoms with E-state index in [-0.39, 0.29) is 5.91 Å². The first kappa shape index (κ1) is 11.9. The third-order valence-electron chi connectivity index (χ3n) is 3.94. The maximum absolute atomic E-state index is 11.8. The van der Waals surface area contributed by atoms with Crippen LogP contribution in [0.3, 0.4) is 0 Å². The molecule has 0 spiro atoms. The SMILES string of the molecule is CC1CCCC(NC(=O)CC2CCNC2)C1. The molecule has 2 rings (SSSR count). The summed E-state index contributed by atoms with van der Waals surface area (Å²) in [6.45, 7) is 4.39. The van der Waals surface area contributed by atoms with Gasteiger partial charge < -0.3 is 10.6 Å². The van der Waals surface area contributed by atoms with Crippen LogP contribution in [0.4, 0.5) is 0 Å². The van der Waals surface area contributed by atoms with Crippen LogP contribution in [0.25, 0.3) is 0 Å². The molecule has 2 fully saturated rings. The topological polar surface area (TPSA) is 41.1 Å². The van der Waals surface area contributed by atoms with Gasteiger partial charge >= 0.3 is 0 Å². The van der Waals surface area contributed by atoms with Gasteiger partial charge in [0.1, 0.15) is 0 Å². The van der Waals surface area contributed by atoms with Crippen LogP contribution >= 0.6 is 0 Å². The molecule has 0 aromatic heterocycles. The van der Waals surface area contributed by atoms with Gasteiger partial charge in [-0.15, -0.1) is 0 Å². The van der Waals surface area contributed by atoms with Crippen molar-refractivity contribution in [3.63, 3.8) is 0 Å². The molecule has 1 aliphatic carbocycles. The normalized spacial score (nSPS) is 34.9. The summed E-state index contributed by atoms with van der Waals surface area (Å²) >= 11 is 0. The van der Waals surface area contributed by atoms with Crippen LogP contribution < -0.4 is 10.6 Å². The standard InChI is InChI=1S/C13H24N2O/c1-10-3-2-4-12(7-10)15-13(16)8-11-5-6-14-9-11/h10-12,14H,2-9H2,1H3,(H,15,16). The van der Waals surface area contributed by atoms with E-state index in [1.165, 1.54) is 25.7 Å². The van der Waals surface area contributed by atoms with Crippen molar-refractivity contribution in [2.24, 2.45) is 11.8 Å². The Labute approximate surface area is 98.4 Å². The Bertz CT molecular complexity index is 236. The second-order valence-corrected chi connectivity index (χ2v) is 5.60. The predicted octanol–water partition coefficient (Wildman–Crippen LogP) is 1.68. The van der Waals surface area contributed by atoms with Crippen molar-refractivity contribution in [2.45, 2.75) is 51.5 Å². The minimum Gasteiger partial charge on any atom is -0.353 e. The van der Waals surface area contributed by atoms with E-state index in [0.717, 1.165) is 31.8 Å². The zero-order valence-corrected chi connectivity index (χ0v) is 10.3. The zero-order valence-electron chi connectivity index (χ0n) is 10.3. The number of nitrogens with one attached hydrogen (secondary N) is 2. The molecule has 1 heterocycles. The monoisotopic (exact) mass is 224 g/mol. The fraction of sp³-hybridized carbons (Fsp3) is 0.923. The van der Waals surface area contributed by atoms with E-state index in [1.807, 2.05) is 0 Å². The zero-order chi connectivity index (χ0) is 11.4. The smallest absolute Gasteiger partial charge is 0.220 e. The van der Waals surface area contributed by atoms with E-state index in [1.54, 1.807) is 0 Å². The average molecular weight is 224 g/mol. The lowest BCUT2D eigenvalue weighted by molar-refractivity contribution is -0.122. The van der Waals surface area contributed by atoms with E-state index in [0.29, 0.717) is 12.0 Å². The van der Waals surface area contributed by atoms with E-state index in [4.69, 9.17) is 0 Å². The summed E-state index contributed by atoms with van der Waals surface area (Å²) < 4.78 is 0. The van der Waals surface area contributed by atoms with Gasteiger partial charge in [0.25, 0.3) is 0 Å². The highest BCUT2D eigenvalue weighted by molar-refractivity contribution is 5.76. The van der Waals surface area contributed by atoms with Crippen LogP contribution in [0.15, 0.2) is 0 Å². The van der Waals surface area contributed by atoms with Gasteiger partial charge in [-0.1, -0.05) is 19.8 Å². The maximum Gasteiger partial charge on any atom is 0.220 e. The van der Waals surface area contributed by atoms with E-state index < -0.39 is 0 Å². The van der Waals surface area contributed by atoms with Crippen molar-refractivity contribution in [3.8, 4) is 0 Å². The fourth-order valence-corrected chi connectivity index (χ4v) is 3.00. The molecule has 2 aliphatic rings. The summed E-state index contributed by atoms with van der Waals surface area (Å²) in [5.74, 6) is 1.63. The van der Waals surface area contributed by atoms with Crippen molar-refractivity contribution in [1.29, 1.82) is 0 Å². The van der Waals surface area contributed by atoms with Crippen molar-refractivity contribution < 1.29 is 4.79 Å². The summed E-state index contributed by atoms with van der Waals surface area (Å²) in [6.07, 6.45) is 6.84. The lowest BCUT2D eigenvalue weighted by atomic mass is 9.87. The third-order valence-corrected chi connectivity index (χ3v) is 3.94. The maximum atomic E-state index is 11.8. The third kappa shape index (κ3) is 3.48. The average Bonchev–Trinajstić information content (AvgIpc) is 2.70. The van der Waals surface area contributed by atoms with Crippen LogP contribution in [0.1, 0.15) is 45.4 Å². The highest BCUT2D eigenvalue weighted by Crippen LogP contribution is 2.23. The molecule has 1 aliphatic heterocycles. The van der Waals surface area contributed by atoms with E-state index in [2.05, 4.69) is 17.6 Å². The molecule has 2 N–H and O–H groups in total. The lowest BCUT2D eigenvalue weighted by Gasteiger charge is -2.27. The predicted molar refractivity (Wildman–Crippen MR) is 65.2 cm³/mol. The van der Waals surface area contributed by atoms with E-state index in [9.17, 15) is 4.79 Å². The van der Waals surface area contributed by atoms with Crippen molar-refractivity contribution >= 4 is 5.91 Å². The van der Waals surface area contributed by atoms with Crippen LogP contribution in [0.5, 0.6) is 0 Å². The molecule has 3 heteroatoms. The Morgan fingerprint density at radius 3 is 2.94 bits per heavy atom. The van der Waals surface area contributed by atoms with Crippen LogP contribution in [-0.4, -0.2) is 25.0 Å². The molecule has 92 valence electrons. The molecule has 3 nitrogen and oxygen atoms in total. The summed E-state index contributed by atoms with van der Waals surface area (Å²) in [6, 6.07) is 0.450. The highest BCUT2D eigenvalue weighted by atomic mass is 16.1. The Hall–Kier alpha value is -0.570. The quantitative estimate of drug-likeness (QED) is 0.766. The molecule has 1 saturated heterocycles. The minimum absolute atomic E-state index is 0.271. The highest BCUT2D eigenvalue weighted by Gasteiger charge is 2.23. The Kier molecular flexibility index (Phi) is 4.22. The lowest BCUT2D eigenvalue weighted by Crippen LogP contribution is -2.38. The van der Waals surface area contributed by atoms with Crippen molar-refractivity contribution in [1.82, 2.24) is 10.6 Å². The molecule has 0 bridgehead atoms. The Balaban J connectivity index is 1.69. The molecule has 0 aromatic carbocycles. The molecular formula is C13H24N2O. The van der Waals surface area contributed by atoms with Gasteiger partial charge in [-0.2, -0.15) is 0 Å². The molecule has 1 saturated carbocycles. The number of hydrogen-bond donors (Lipinski definition) is 2.